The zero-order chi connectivity index (χ0) is 19.2. The van der Waals surface area contributed by atoms with E-state index in [9.17, 15) is 0 Å². The zero-order valence-electron chi connectivity index (χ0n) is 15.9. The molecule has 1 atom stereocenters. The van der Waals surface area contributed by atoms with Gasteiger partial charge in [0.05, 0.1) is 24.8 Å². The topological polar surface area (TPSA) is 63.2 Å². The van der Waals surface area contributed by atoms with Gasteiger partial charge in [-0.15, -0.1) is 0 Å². The summed E-state index contributed by atoms with van der Waals surface area (Å²) in [7, 11) is 1.63. The molecule has 0 amide bonds. The molecular weight excluding hydrogens is 412 g/mol. The average Bonchev–Trinajstić information content (AvgIpc) is 3.51. The summed E-state index contributed by atoms with van der Waals surface area (Å²) < 4.78 is 18.1. The zero-order valence-corrected chi connectivity index (χ0v) is 17.5. The molecule has 2 N–H and O–H groups in total. The van der Waals surface area contributed by atoms with Gasteiger partial charge in [0, 0.05) is 44.4 Å². The van der Waals surface area contributed by atoms with E-state index in [1.165, 1.54) is 12.8 Å². The van der Waals surface area contributed by atoms with Crippen LogP contribution in [0.2, 0.25) is 0 Å². The molecule has 0 radical (unpaired) electrons. The minimum absolute atomic E-state index is 0.0290. The van der Waals surface area contributed by atoms with E-state index in [2.05, 4.69) is 38.8 Å². The fourth-order valence-electron chi connectivity index (χ4n) is 3.28. The fourth-order valence-corrected chi connectivity index (χ4v) is 3.93. The summed E-state index contributed by atoms with van der Waals surface area (Å²) in [5.41, 5.74) is 2.16. The van der Waals surface area contributed by atoms with Gasteiger partial charge in [0.15, 0.2) is 11.5 Å². The Kier molecular flexibility index (Phi) is 7.41. The number of benzene rings is 1. The van der Waals surface area contributed by atoms with Gasteiger partial charge in [-0.25, -0.2) is 0 Å². The first-order valence-electron chi connectivity index (χ1n) is 9.52. The molecule has 3 rings (SSSR count). The van der Waals surface area contributed by atoms with Crippen LogP contribution in [0.4, 0.5) is 0 Å². The van der Waals surface area contributed by atoms with E-state index in [0.29, 0.717) is 30.6 Å². The highest BCUT2D eigenvalue weighted by Crippen LogP contribution is 2.39. The van der Waals surface area contributed by atoms with Crippen molar-refractivity contribution in [2.75, 3.05) is 40.0 Å². The third-order valence-electron chi connectivity index (χ3n) is 4.84. The van der Waals surface area contributed by atoms with Crippen molar-refractivity contribution in [2.24, 2.45) is 0 Å². The maximum atomic E-state index is 9.00. The Morgan fingerprint density at radius 3 is 2.89 bits per heavy atom. The molecule has 27 heavy (non-hydrogen) atoms. The smallest absolute Gasteiger partial charge is 0.174 e. The molecule has 1 saturated carbocycles. The van der Waals surface area contributed by atoms with Crippen LogP contribution in [0.3, 0.4) is 0 Å². The molecule has 1 aromatic rings. The lowest BCUT2D eigenvalue weighted by Gasteiger charge is -2.34. The SMILES string of the molecule is C=C([C@H]1CNCCO1)N(Cc1cc(Br)c(OC)c(OCCCO)c1)C1CC1. The van der Waals surface area contributed by atoms with Crippen molar-refractivity contribution in [2.45, 2.75) is 38.0 Å². The van der Waals surface area contributed by atoms with Crippen molar-refractivity contribution in [3.05, 3.63) is 34.4 Å². The molecule has 1 heterocycles. The molecular formula is C20H29BrN2O4. The van der Waals surface area contributed by atoms with Crippen LogP contribution in [0.15, 0.2) is 28.9 Å². The maximum Gasteiger partial charge on any atom is 0.174 e. The van der Waals surface area contributed by atoms with E-state index in [1.54, 1.807) is 7.11 Å². The Morgan fingerprint density at radius 1 is 1.44 bits per heavy atom. The van der Waals surface area contributed by atoms with Gasteiger partial charge in [-0.2, -0.15) is 0 Å². The first-order chi connectivity index (χ1) is 13.1. The number of rotatable bonds is 10. The number of nitrogens with one attached hydrogen (secondary N) is 1. The summed E-state index contributed by atoms with van der Waals surface area (Å²) in [6.07, 6.45) is 3.00. The van der Waals surface area contributed by atoms with Crippen LogP contribution in [0.25, 0.3) is 0 Å². The van der Waals surface area contributed by atoms with E-state index in [-0.39, 0.29) is 12.7 Å². The number of nitrogens with zero attached hydrogens (tertiary/aromatic N) is 1. The Bertz CT molecular complexity index is 645. The summed E-state index contributed by atoms with van der Waals surface area (Å²) in [6, 6.07) is 4.62. The van der Waals surface area contributed by atoms with Crippen LogP contribution < -0.4 is 14.8 Å². The molecule has 1 aliphatic heterocycles. The Balaban J connectivity index is 1.76. The highest BCUT2D eigenvalue weighted by Gasteiger charge is 2.33. The average molecular weight is 441 g/mol. The predicted octanol–water partition coefficient (Wildman–Crippen LogP) is 2.69. The van der Waals surface area contributed by atoms with Gasteiger partial charge in [0.25, 0.3) is 0 Å². The number of aliphatic hydroxyl groups excluding tert-OH is 1. The monoisotopic (exact) mass is 440 g/mol. The molecule has 6 nitrogen and oxygen atoms in total. The summed E-state index contributed by atoms with van der Waals surface area (Å²) >= 11 is 3.59. The molecule has 0 unspecified atom stereocenters. The van der Waals surface area contributed by atoms with Crippen molar-refractivity contribution in [3.63, 3.8) is 0 Å². The van der Waals surface area contributed by atoms with Crippen LogP contribution in [0, 0.1) is 0 Å². The van der Waals surface area contributed by atoms with E-state index in [4.69, 9.17) is 19.3 Å². The first-order valence-corrected chi connectivity index (χ1v) is 10.3. The number of methoxy groups -OCH3 is 1. The van der Waals surface area contributed by atoms with Gasteiger partial charge < -0.3 is 29.5 Å². The quantitative estimate of drug-likeness (QED) is 0.545. The number of ether oxygens (including phenoxy) is 3. The molecule has 0 spiro atoms. The third-order valence-corrected chi connectivity index (χ3v) is 5.43. The fraction of sp³-hybridized carbons (Fsp3) is 0.600. The number of morpholine rings is 1. The van der Waals surface area contributed by atoms with Crippen molar-refractivity contribution >= 4 is 15.9 Å². The molecule has 0 bridgehead atoms. The number of hydrogen-bond acceptors (Lipinski definition) is 6. The predicted molar refractivity (Wildman–Crippen MR) is 108 cm³/mol. The highest BCUT2D eigenvalue weighted by atomic mass is 79.9. The van der Waals surface area contributed by atoms with Crippen LogP contribution in [0.1, 0.15) is 24.8 Å². The van der Waals surface area contributed by atoms with Gasteiger partial charge in [-0.05, 0) is 46.5 Å². The Hall–Kier alpha value is -1.28. The lowest BCUT2D eigenvalue weighted by atomic mass is 10.1. The number of aliphatic hydroxyl groups is 1. The van der Waals surface area contributed by atoms with E-state index >= 15 is 0 Å². The lowest BCUT2D eigenvalue weighted by molar-refractivity contribution is 0.0314. The number of hydrogen-bond donors (Lipinski definition) is 2. The summed E-state index contributed by atoms with van der Waals surface area (Å²) in [5.74, 6) is 1.36. The number of halogens is 1. The minimum Gasteiger partial charge on any atom is -0.492 e. The van der Waals surface area contributed by atoms with Crippen molar-refractivity contribution in [1.29, 1.82) is 0 Å². The first kappa shape index (κ1) is 20.5. The second-order valence-electron chi connectivity index (χ2n) is 6.95. The van der Waals surface area contributed by atoms with Gasteiger partial charge in [0.2, 0.25) is 0 Å². The highest BCUT2D eigenvalue weighted by molar-refractivity contribution is 9.10. The van der Waals surface area contributed by atoms with E-state index in [0.717, 1.165) is 42.0 Å². The third kappa shape index (κ3) is 5.38. The van der Waals surface area contributed by atoms with E-state index < -0.39 is 0 Å². The largest absolute Gasteiger partial charge is 0.492 e. The van der Waals surface area contributed by atoms with Crippen molar-refractivity contribution < 1.29 is 19.3 Å². The van der Waals surface area contributed by atoms with Crippen molar-refractivity contribution in [1.82, 2.24) is 10.2 Å². The Morgan fingerprint density at radius 2 is 2.26 bits per heavy atom. The standard InChI is InChI=1S/C20H29BrN2O4/c1-14(19-12-22-6-9-27-19)23(16-4-5-16)13-15-10-17(21)20(25-2)18(11-15)26-8-3-7-24/h10-11,16,19,22,24H,1,3-9,12-13H2,2H3/t19-/m1/s1. The van der Waals surface area contributed by atoms with Gasteiger partial charge in [-0.1, -0.05) is 6.58 Å². The van der Waals surface area contributed by atoms with Crippen molar-refractivity contribution in [3.8, 4) is 11.5 Å². The second-order valence-corrected chi connectivity index (χ2v) is 7.80. The van der Waals surface area contributed by atoms with Gasteiger partial charge in [0.1, 0.15) is 6.10 Å². The van der Waals surface area contributed by atoms with Crippen LogP contribution >= 0.6 is 15.9 Å². The van der Waals surface area contributed by atoms with Crippen LogP contribution in [-0.4, -0.2) is 62.2 Å². The Labute approximate surface area is 169 Å². The summed E-state index contributed by atoms with van der Waals surface area (Å²) in [4.78, 5) is 2.36. The molecule has 1 aliphatic carbocycles. The van der Waals surface area contributed by atoms with Gasteiger partial charge in [-0.3, -0.25) is 0 Å². The maximum absolute atomic E-state index is 9.00. The van der Waals surface area contributed by atoms with E-state index in [1.807, 2.05) is 6.07 Å². The summed E-state index contributed by atoms with van der Waals surface area (Å²) in [5, 5.41) is 12.4. The summed E-state index contributed by atoms with van der Waals surface area (Å²) in [6.45, 7) is 8.07. The van der Waals surface area contributed by atoms with Crippen LogP contribution in [0.5, 0.6) is 11.5 Å². The molecule has 7 heteroatoms. The molecule has 1 aromatic carbocycles. The molecule has 1 saturated heterocycles. The molecule has 2 fully saturated rings. The molecule has 0 aromatic heterocycles. The molecule has 2 aliphatic rings. The minimum atomic E-state index is 0.0290. The lowest BCUT2D eigenvalue weighted by Crippen LogP contribution is -2.43. The second kappa shape index (κ2) is 9.78. The van der Waals surface area contributed by atoms with Gasteiger partial charge >= 0.3 is 0 Å². The normalized spacial score (nSPS) is 19.6. The molecule has 150 valence electrons. The van der Waals surface area contributed by atoms with Crippen LogP contribution in [-0.2, 0) is 11.3 Å².